The highest BCUT2D eigenvalue weighted by atomic mass is 19.1. The second-order valence-corrected chi connectivity index (χ2v) is 7.36. The number of hydrogen-bond acceptors (Lipinski definition) is 3. The molecule has 0 N–H and O–H groups in total. The van der Waals surface area contributed by atoms with Crippen molar-refractivity contribution in [1.29, 1.82) is 0 Å². The lowest BCUT2D eigenvalue weighted by molar-refractivity contribution is -0.134. The molecule has 1 heterocycles. The van der Waals surface area contributed by atoms with Gasteiger partial charge in [-0.15, -0.1) is 0 Å². The Kier molecular flexibility index (Phi) is 7.57. The first kappa shape index (κ1) is 20.5. The Labute approximate surface area is 166 Å². The number of carbonyl (C=O) groups is 1. The third kappa shape index (κ3) is 5.88. The van der Waals surface area contributed by atoms with Crippen LogP contribution in [0.4, 0.5) is 4.39 Å². The van der Waals surface area contributed by atoms with Crippen LogP contribution >= 0.6 is 0 Å². The Bertz CT molecular complexity index is 747. The maximum absolute atomic E-state index is 13.9. The zero-order valence-corrected chi connectivity index (χ0v) is 16.5. The summed E-state index contributed by atoms with van der Waals surface area (Å²) in [6, 6.07) is 16.8. The summed E-state index contributed by atoms with van der Waals surface area (Å²) in [7, 11) is 0. The van der Waals surface area contributed by atoms with E-state index in [0.29, 0.717) is 24.9 Å². The topological polar surface area (TPSA) is 32.8 Å². The number of amides is 1. The fraction of sp³-hybridized carbons (Fsp3) is 0.435. The van der Waals surface area contributed by atoms with Crippen LogP contribution in [0.5, 0.6) is 0 Å². The van der Waals surface area contributed by atoms with Gasteiger partial charge in [-0.3, -0.25) is 9.69 Å². The first-order valence-electron chi connectivity index (χ1n) is 10.0. The minimum absolute atomic E-state index is 0.0628. The van der Waals surface area contributed by atoms with Crippen molar-refractivity contribution in [3.05, 3.63) is 71.5 Å². The second kappa shape index (κ2) is 10.3. The molecule has 3 rings (SSSR count). The van der Waals surface area contributed by atoms with Crippen molar-refractivity contribution in [3.63, 3.8) is 0 Å². The van der Waals surface area contributed by atoms with E-state index >= 15 is 0 Å². The zero-order valence-electron chi connectivity index (χ0n) is 16.5. The zero-order chi connectivity index (χ0) is 19.8. The van der Waals surface area contributed by atoms with Crippen LogP contribution in [0.2, 0.25) is 0 Å². The number of halogens is 1. The smallest absolute Gasteiger partial charge is 0.223 e. The van der Waals surface area contributed by atoms with Crippen molar-refractivity contribution in [2.75, 3.05) is 32.8 Å². The van der Waals surface area contributed by atoms with Gasteiger partial charge >= 0.3 is 0 Å². The number of ether oxygens (including phenoxy) is 1. The third-order valence-corrected chi connectivity index (χ3v) is 5.24. The van der Waals surface area contributed by atoms with Gasteiger partial charge in [-0.05, 0) is 30.5 Å². The molecule has 1 aliphatic heterocycles. The summed E-state index contributed by atoms with van der Waals surface area (Å²) in [5.74, 6) is -0.181. The van der Waals surface area contributed by atoms with Crippen LogP contribution in [0.15, 0.2) is 54.6 Å². The lowest BCUT2D eigenvalue weighted by Crippen LogP contribution is -2.48. The van der Waals surface area contributed by atoms with E-state index in [-0.39, 0.29) is 17.8 Å². The van der Waals surface area contributed by atoms with Crippen LogP contribution < -0.4 is 0 Å². The van der Waals surface area contributed by atoms with Gasteiger partial charge < -0.3 is 9.64 Å². The summed E-state index contributed by atoms with van der Waals surface area (Å²) in [6.07, 6.45) is 0.724. The molecule has 4 nitrogen and oxygen atoms in total. The Hall–Kier alpha value is -2.24. The standard InChI is InChI=1S/C23H29FN2O2/c1-19(17-25-13-15-28-16-14-25)26(18-20-7-3-2-4-8-20)23(27)12-11-21-9-5-6-10-22(21)24/h2-10,19H,11-18H2,1H3. The summed E-state index contributed by atoms with van der Waals surface area (Å²) >= 11 is 0. The Morgan fingerprint density at radius 3 is 2.50 bits per heavy atom. The largest absolute Gasteiger partial charge is 0.379 e. The van der Waals surface area contributed by atoms with Gasteiger partial charge in [0.05, 0.1) is 13.2 Å². The molecule has 1 saturated heterocycles. The molecule has 1 atom stereocenters. The lowest BCUT2D eigenvalue weighted by atomic mass is 10.1. The van der Waals surface area contributed by atoms with E-state index in [1.165, 1.54) is 6.07 Å². The van der Waals surface area contributed by atoms with E-state index in [1.807, 2.05) is 41.3 Å². The molecule has 1 fully saturated rings. The fourth-order valence-corrected chi connectivity index (χ4v) is 3.61. The lowest BCUT2D eigenvalue weighted by Gasteiger charge is -2.35. The Balaban J connectivity index is 1.67. The van der Waals surface area contributed by atoms with Crippen molar-refractivity contribution in [3.8, 4) is 0 Å². The molecule has 2 aromatic carbocycles. The molecule has 150 valence electrons. The summed E-state index contributed by atoms with van der Waals surface area (Å²) in [5, 5.41) is 0. The van der Waals surface area contributed by atoms with Crippen LogP contribution in [0.1, 0.15) is 24.5 Å². The molecule has 0 spiro atoms. The minimum atomic E-state index is -0.244. The highest BCUT2D eigenvalue weighted by Gasteiger charge is 2.23. The summed E-state index contributed by atoms with van der Waals surface area (Å²) < 4.78 is 19.3. The Morgan fingerprint density at radius 2 is 1.79 bits per heavy atom. The highest BCUT2D eigenvalue weighted by molar-refractivity contribution is 5.76. The second-order valence-electron chi connectivity index (χ2n) is 7.36. The minimum Gasteiger partial charge on any atom is -0.379 e. The van der Waals surface area contributed by atoms with Crippen molar-refractivity contribution in [2.24, 2.45) is 0 Å². The van der Waals surface area contributed by atoms with Gasteiger partial charge in [-0.25, -0.2) is 4.39 Å². The van der Waals surface area contributed by atoms with Gasteiger partial charge in [-0.2, -0.15) is 0 Å². The maximum atomic E-state index is 13.9. The number of nitrogens with zero attached hydrogens (tertiary/aromatic N) is 2. The van der Waals surface area contributed by atoms with Crippen molar-refractivity contribution < 1.29 is 13.9 Å². The van der Waals surface area contributed by atoms with E-state index in [9.17, 15) is 9.18 Å². The molecule has 2 aromatic rings. The summed E-state index contributed by atoms with van der Waals surface area (Å²) in [5.41, 5.74) is 1.70. The first-order valence-corrected chi connectivity index (χ1v) is 10.0. The average Bonchev–Trinajstić information content (AvgIpc) is 2.72. The third-order valence-electron chi connectivity index (χ3n) is 5.24. The van der Waals surface area contributed by atoms with Crippen LogP contribution in [0.3, 0.4) is 0 Å². The molecule has 1 amide bonds. The summed E-state index contributed by atoms with van der Waals surface area (Å²) in [6.45, 7) is 6.77. The maximum Gasteiger partial charge on any atom is 0.223 e. The van der Waals surface area contributed by atoms with Gasteiger partial charge in [0, 0.05) is 38.6 Å². The van der Waals surface area contributed by atoms with Gasteiger partial charge in [0.25, 0.3) is 0 Å². The molecular weight excluding hydrogens is 355 g/mol. The van der Waals surface area contributed by atoms with Crippen molar-refractivity contribution >= 4 is 5.91 Å². The quantitative estimate of drug-likeness (QED) is 0.698. The van der Waals surface area contributed by atoms with E-state index in [1.54, 1.807) is 12.1 Å². The van der Waals surface area contributed by atoms with Crippen LogP contribution in [0.25, 0.3) is 0 Å². The molecule has 0 aromatic heterocycles. The predicted molar refractivity (Wildman–Crippen MR) is 108 cm³/mol. The normalized spacial score (nSPS) is 15.9. The number of morpholine rings is 1. The molecule has 1 unspecified atom stereocenters. The first-order chi connectivity index (χ1) is 13.6. The fourth-order valence-electron chi connectivity index (χ4n) is 3.61. The van der Waals surface area contributed by atoms with Crippen molar-refractivity contribution in [2.45, 2.75) is 32.4 Å². The predicted octanol–water partition coefficient (Wildman–Crippen LogP) is 3.51. The van der Waals surface area contributed by atoms with E-state index in [2.05, 4.69) is 11.8 Å². The van der Waals surface area contributed by atoms with Crippen molar-refractivity contribution in [1.82, 2.24) is 9.80 Å². The SMILES string of the molecule is CC(CN1CCOCC1)N(Cc1ccccc1)C(=O)CCc1ccccc1F. The highest BCUT2D eigenvalue weighted by Crippen LogP contribution is 2.15. The van der Waals surface area contributed by atoms with Gasteiger partial charge in [0.2, 0.25) is 5.91 Å². The molecule has 1 aliphatic rings. The monoisotopic (exact) mass is 384 g/mol. The Morgan fingerprint density at radius 1 is 1.11 bits per heavy atom. The number of aryl methyl sites for hydroxylation is 1. The number of benzene rings is 2. The molecule has 5 heteroatoms. The molecule has 0 radical (unpaired) electrons. The molecular formula is C23H29FN2O2. The van der Waals surface area contributed by atoms with E-state index < -0.39 is 0 Å². The number of carbonyl (C=O) groups excluding carboxylic acids is 1. The molecule has 0 aliphatic carbocycles. The average molecular weight is 384 g/mol. The molecule has 28 heavy (non-hydrogen) atoms. The van der Waals surface area contributed by atoms with Crippen LogP contribution in [0, 0.1) is 5.82 Å². The van der Waals surface area contributed by atoms with Crippen LogP contribution in [-0.2, 0) is 22.5 Å². The number of rotatable bonds is 8. The molecule has 0 bridgehead atoms. The summed E-state index contributed by atoms with van der Waals surface area (Å²) in [4.78, 5) is 17.4. The van der Waals surface area contributed by atoms with E-state index in [0.717, 1.165) is 38.4 Å². The van der Waals surface area contributed by atoms with E-state index in [4.69, 9.17) is 4.74 Å². The molecule has 0 saturated carbocycles. The van der Waals surface area contributed by atoms with Crippen LogP contribution in [-0.4, -0.2) is 54.6 Å². The van der Waals surface area contributed by atoms with Gasteiger partial charge in [0.15, 0.2) is 0 Å². The van der Waals surface area contributed by atoms with Gasteiger partial charge in [0.1, 0.15) is 5.82 Å². The number of hydrogen-bond donors (Lipinski definition) is 0. The van der Waals surface area contributed by atoms with Gasteiger partial charge in [-0.1, -0.05) is 48.5 Å².